The molecule has 1 amide bonds. The highest BCUT2D eigenvalue weighted by molar-refractivity contribution is 5.69. The van der Waals surface area contributed by atoms with Crippen molar-refractivity contribution in [1.29, 1.82) is 0 Å². The number of amides is 1. The lowest BCUT2D eigenvalue weighted by atomic mass is 10.2. The number of ether oxygens (including phenoxy) is 2. The zero-order valence-electron chi connectivity index (χ0n) is 10.6. The maximum absolute atomic E-state index is 11.4. The Balaban J connectivity index is 2.42. The van der Waals surface area contributed by atoms with Crippen LogP contribution >= 0.6 is 0 Å². The van der Waals surface area contributed by atoms with Crippen LogP contribution in [0, 0.1) is 6.54 Å². The lowest BCUT2D eigenvalue weighted by Gasteiger charge is -2.19. The third-order valence-electron chi connectivity index (χ3n) is 1.87. The Kier molecular flexibility index (Phi) is 4.37. The quantitative estimate of drug-likeness (QED) is 0.877. The molecule has 0 saturated carbocycles. The molecule has 93 valence electrons. The summed E-state index contributed by atoms with van der Waals surface area (Å²) in [6.45, 7) is 7.05. The number of hydrogen-bond donors (Lipinski definition) is 1. The number of alkyl carbamates (subject to hydrolysis) is 1. The van der Waals surface area contributed by atoms with Crippen LogP contribution in [0.15, 0.2) is 24.3 Å². The van der Waals surface area contributed by atoms with E-state index in [2.05, 4.69) is 5.32 Å². The Hall–Kier alpha value is -1.71. The second-order valence-corrected chi connectivity index (χ2v) is 4.56. The van der Waals surface area contributed by atoms with E-state index in [1.54, 1.807) is 13.7 Å². The molecule has 0 spiro atoms. The standard InChI is InChI=1S/C13H18NO3/c1-13(2,3)17-12(15)14-9-10-5-7-11(16-4)8-6-10/h5-9H,1-4H3,(H,14,15). The van der Waals surface area contributed by atoms with Gasteiger partial charge in [0.15, 0.2) is 0 Å². The maximum Gasteiger partial charge on any atom is 0.408 e. The molecule has 0 aliphatic heterocycles. The smallest absolute Gasteiger partial charge is 0.408 e. The van der Waals surface area contributed by atoms with Gasteiger partial charge in [0.1, 0.15) is 11.4 Å². The molecular weight excluding hydrogens is 218 g/mol. The monoisotopic (exact) mass is 236 g/mol. The molecule has 0 saturated heterocycles. The lowest BCUT2D eigenvalue weighted by Crippen LogP contribution is -2.31. The summed E-state index contributed by atoms with van der Waals surface area (Å²) in [5, 5.41) is 2.57. The number of carbonyl (C=O) groups is 1. The maximum atomic E-state index is 11.4. The summed E-state index contributed by atoms with van der Waals surface area (Å²) in [6, 6.07) is 7.33. The van der Waals surface area contributed by atoms with Crippen molar-refractivity contribution >= 4 is 6.09 Å². The fourth-order valence-corrected chi connectivity index (χ4v) is 1.15. The Morgan fingerprint density at radius 1 is 1.24 bits per heavy atom. The normalized spacial score (nSPS) is 10.8. The van der Waals surface area contributed by atoms with Gasteiger partial charge in [0.2, 0.25) is 0 Å². The summed E-state index contributed by atoms with van der Waals surface area (Å²) in [4.78, 5) is 11.4. The molecule has 1 N–H and O–H groups in total. The molecule has 0 aliphatic carbocycles. The second-order valence-electron chi connectivity index (χ2n) is 4.56. The Bertz CT molecular complexity index is 365. The van der Waals surface area contributed by atoms with Gasteiger partial charge in [-0.2, -0.15) is 0 Å². The summed E-state index contributed by atoms with van der Waals surface area (Å²) in [5.41, 5.74) is 0.384. The summed E-state index contributed by atoms with van der Waals surface area (Å²) in [7, 11) is 1.61. The van der Waals surface area contributed by atoms with E-state index < -0.39 is 11.7 Å². The first-order valence-electron chi connectivity index (χ1n) is 5.37. The van der Waals surface area contributed by atoms with Crippen LogP contribution in [-0.4, -0.2) is 18.8 Å². The third kappa shape index (κ3) is 5.24. The summed E-state index contributed by atoms with van der Waals surface area (Å²) in [6.07, 6.45) is -0.465. The number of carbonyl (C=O) groups excluding carboxylic acids is 1. The molecule has 0 heterocycles. The topological polar surface area (TPSA) is 47.6 Å². The molecule has 0 fully saturated rings. The molecule has 4 heteroatoms. The first kappa shape index (κ1) is 13.4. The first-order valence-corrected chi connectivity index (χ1v) is 5.37. The zero-order valence-corrected chi connectivity index (χ0v) is 10.6. The fraction of sp³-hybridized carbons (Fsp3) is 0.385. The van der Waals surface area contributed by atoms with Gasteiger partial charge in [0, 0.05) is 0 Å². The van der Waals surface area contributed by atoms with Crippen LogP contribution in [0.5, 0.6) is 5.75 Å². The van der Waals surface area contributed by atoms with Crippen molar-refractivity contribution in [3.63, 3.8) is 0 Å². The van der Waals surface area contributed by atoms with Crippen LogP contribution in [0.1, 0.15) is 26.3 Å². The minimum Gasteiger partial charge on any atom is -0.497 e. The van der Waals surface area contributed by atoms with E-state index in [1.165, 1.54) is 0 Å². The van der Waals surface area contributed by atoms with Crippen LogP contribution < -0.4 is 10.1 Å². The van der Waals surface area contributed by atoms with Gasteiger partial charge in [0.05, 0.1) is 13.7 Å². The van der Waals surface area contributed by atoms with Gasteiger partial charge in [0.25, 0.3) is 0 Å². The SMILES string of the molecule is COc1ccc([CH]NC(=O)OC(C)(C)C)cc1. The number of benzene rings is 1. The largest absolute Gasteiger partial charge is 0.497 e. The minimum atomic E-state index is -0.488. The molecule has 17 heavy (non-hydrogen) atoms. The molecule has 1 aromatic rings. The van der Waals surface area contributed by atoms with E-state index in [9.17, 15) is 4.79 Å². The molecule has 0 unspecified atom stereocenters. The molecule has 4 nitrogen and oxygen atoms in total. The van der Waals surface area contributed by atoms with Crippen molar-refractivity contribution in [2.45, 2.75) is 26.4 Å². The van der Waals surface area contributed by atoms with Gasteiger partial charge >= 0.3 is 6.09 Å². The van der Waals surface area contributed by atoms with Crippen LogP contribution in [0.4, 0.5) is 4.79 Å². The average Bonchev–Trinajstić information content (AvgIpc) is 2.25. The van der Waals surface area contributed by atoms with Crippen molar-refractivity contribution in [1.82, 2.24) is 5.32 Å². The Labute approximate surface area is 102 Å². The van der Waals surface area contributed by atoms with Crippen molar-refractivity contribution in [2.24, 2.45) is 0 Å². The Morgan fingerprint density at radius 3 is 2.29 bits per heavy atom. The van der Waals surface area contributed by atoms with Gasteiger partial charge in [-0.1, -0.05) is 12.1 Å². The first-order chi connectivity index (χ1) is 7.90. The highest BCUT2D eigenvalue weighted by Crippen LogP contribution is 2.12. The van der Waals surface area contributed by atoms with E-state index in [0.717, 1.165) is 11.3 Å². The number of hydrogen-bond acceptors (Lipinski definition) is 3. The molecule has 1 radical (unpaired) electrons. The van der Waals surface area contributed by atoms with Gasteiger partial charge in [-0.15, -0.1) is 0 Å². The van der Waals surface area contributed by atoms with E-state index in [0.29, 0.717) is 0 Å². The third-order valence-corrected chi connectivity index (χ3v) is 1.87. The summed E-state index contributed by atoms with van der Waals surface area (Å²) in [5.74, 6) is 0.777. The minimum absolute atomic E-state index is 0.465. The molecule has 0 atom stereocenters. The van der Waals surface area contributed by atoms with Gasteiger partial charge in [-0.05, 0) is 38.5 Å². The number of methoxy groups -OCH3 is 1. The van der Waals surface area contributed by atoms with Crippen LogP contribution in [0.3, 0.4) is 0 Å². The average molecular weight is 236 g/mol. The second kappa shape index (κ2) is 5.57. The van der Waals surface area contributed by atoms with E-state index in [-0.39, 0.29) is 0 Å². The van der Waals surface area contributed by atoms with Gasteiger partial charge in [-0.3, -0.25) is 0 Å². The molecule has 0 bridgehead atoms. The van der Waals surface area contributed by atoms with Crippen molar-refractivity contribution in [3.8, 4) is 5.75 Å². The van der Waals surface area contributed by atoms with Crippen molar-refractivity contribution in [3.05, 3.63) is 36.4 Å². The molecule has 0 aromatic heterocycles. The van der Waals surface area contributed by atoms with Crippen LogP contribution in [-0.2, 0) is 4.74 Å². The number of nitrogens with one attached hydrogen (secondary N) is 1. The predicted molar refractivity (Wildman–Crippen MR) is 65.8 cm³/mol. The molecule has 0 aliphatic rings. The molecular formula is C13H18NO3. The predicted octanol–water partition coefficient (Wildman–Crippen LogP) is 2.73. The van der Waals surface area contributed by atoms with E-state index in [4.69, 9.17) is 9.47 Å². The van der Waals surface area contributed by atoms with Gasteiger partial charge < -0.3 is 14.8 Å². The lowest BCUT2D eigenvalue weighted by molar-refractivity contribution is 0.0545. The van der Waals surface area contributed by atoms with Crippen LogP contribution in [0.2, 0.25) is 0 Å². The van der Waals surface area contributed by atoms with Crippen LogP contribution in [0.25, 0.3) is 0 Å². The van der Waals surface area contributed by atoms with Gasteiger partial charge in [-0.25, -0.2) is 4.79 Å². The molecule has 1 rings (SSSR count). The van der Waals surface area contributed by atoms with E-state index in [1.807, 2.05) is 45.0 Å². The summed E-state index contributed by atoms with van der Waals surface area (Å²) < 4.78 is 10.1. The van der Waals surface area contributed by atoms with Crippen molar-refractivity contribution in [2.75, 3.05) is 7.11 Å². The van der Waals surface area contributed by atoms with E-state index >= 15 is 0 Å². The van der Waals surface area contributed by atoms with Crippen molar-refractivity contribution < 1.29 is 14.3 Å². The highest BCUT2D eigenvalue weighted by atomic mass is 16.6. The fourth-order valence-electron chi connectivity index (χ4n) is 1.15. The zero-order chi connectivity index (χ0) is 12.9. The Morgan fingerprint density at radius 2 is 1.82 bits per heavy atom. The highest BCUT2D eigenvalue weighted by Gasteiger charge is 2.15. The molecule has 1 aromatic carbocycles. The number of rotatable bonds is 3. The summed E-state index contributed by atoms with van der Waals surface area (Å²) >= 11 is 0.